The molecule has 3 aromatic rings. The molecule has 0 bridgehead atoms. The Hall–Kier alpha value is -2.59. The lowest BCUT2D eigenvalue weighted by molar-refractivity contribution is 0.397. The maximum absolute atomic E-state index is 13.5. The highest BCUT2D eigenvalue weighted by atomic mass is 32.2. The summed E-state index contributed by atoms with van der Waals surface area (Å²) in [6.45, 7) is 0.268. The van der Waals surface area contributed by atoms with Crippen LogP contribution in [0.3, 0.4) is 0 Å². The van der Waals surface area contributed by atoms with Gasteiger partial charge in [0.05, 0.1) is 22.0 Å². The number of hydrogen-bond acceptors (Lipinski definition) is 5. The van der Waals surface area contributed by atoms with Gasteiger partial charge in [-0.05, 0) is 54.8 Å². The van der Waals surface area contributed by atoms with Crippen molar-refractivity contribution in [3.05, 3.63) is 90.3 Å². The van der Waals surface area contributed by atoms with Gasteiger partial charge in [-0.1, -0.05) is 49.2 Å². The number of nitrogens with zero attached hydrogens (tertiary/aromatic N) is 2. The number of sulfonamides is 2. The SMILES string of the molecule is O=S(=O)(NC1CCCC1)c1ccc(S(=O)(=O)N(Cc2ccccc2)Cc2ccccn2)cc1. The molecule has 1 heterocycles. The van der Waals surface area contributed by atoms with Crippen molar-refractivity contribution in [2.75, 3.05) is 0 Å². The normalized spacial score (nSPS) is 15.2. The van der Waals surface area contributed by atoms with Gasteiger partial charge in [0.1, 0.15) is 0 Å². The van der Waals surface area contributed by atoms with E-state index in [9.17, 15) is 16.8 Å². The predicted octanol–water partition coefficient (Wildman–Crippen LogP) is 3.69. The first kappa shape index (κ1) is 23.6. The van der Waals surface area contributed by atoms with Gasteiger partial charge in [-0.3, -0.25) is 4.98 Å². The molecule has 1 aliphatic carbocycles. The predicted molar refractivity (Wildman–Crippen MR) is 126 cm³/mol. The van der Waals surface area contributed by atoms with E-state index < -0.39 is 20.0 Å². The van der Waals surface area contributed by atoms with Crippen LogP contribution in [0, 0.1) is 0 Å². The Morgan fingerprint density at radius 3 is 2.06 bits per heavy atom. The van der Waals surface area contributed by atoms with Crippen molar-refractivity contribution in [1.29, 1.82) is 0 Å². The molecule has 0 atom stereocenters. The van der Waals surface area contributed by atoms with Crippen LogP contribution >= 0.6 is 0 Å². The van der Waals surface area contributed by atoms with Crippen LogP contribution in [0.4, 0.5) is 0 Å². The van der Waals surface area contributed by atoms with E-state index in [1.807, 2.05) is 36.4 Å². The maximum Gasteiger partial charge on any atom is 0.243 e. The third kappa shape index (κ3) is 5.86. The van der Waals surface area contributed by atoms with Crippen LogP contribution in [-0.4, -0.2) is 32.2 Å². The van der Waals surface area contributed by atoms with Crippen molar-refractivity contribution in [1.82, 2.24) is 14.0 Å². The highest BCUT2D eigenvalue weighted by Crippen LogP contribution is 2.24. The molecule has 1 N–H and O–H groups in total. The monoisotopic (exact) mass is 485 g/mol. The standard InChI is InChI=1S/C24H27N3O4S2/c28-32(29,26-21-10-4-5-11-21)23-13-15-24(16-14-23)33(30,31)27(18-20-8-2-1-3-9-20)19-22-12-6-7-17-25-22/h1-3,6-9,12-17,21,26H,4-5,10-11,18-19H2. The lowest BCUT2D eigenvalue weighted by Crippen LogP contribution is -2.33. The summed E-state index contributed by atoms with van der Waals surface area (Å²) in [7, 11) is -7.60. The van der Waals surface area contributed by atoms with E-state index in [-0.39, 0.29) is 28.9 Å². The zero-order valence-corrected chi connectivity index (χ0v) is 19.8. The molecule has 0 spiro atoms. The molecule has 1 aromatic heterocycles. The summed E-state index contributed by atoms with van der Waals surface area (Å²) >= 11 is 0. The summed E-state index contributed by atoms with van der Waals surface area (Å²) in [6.07, 6.45) is 5.30. The topological polar surface area (TPSA) is 96.4 Å². The van der Waals surface area contributed by atoms with Crippen molar-refractivity contribution in [2.24, 2.45) is 0 Å². The van der Waals surface area contributed by atoms with Crippen molar-refractivity contribution >= 4 is 20.0 Å². The highest BCUT2D eigenvalue weighted by Gasteiger charge is 2.27. The summed E-state index contributed by atoms with van der Waals surface area (Å²) in [4.78, 5) is 4.37. The summed E-state index contributed by atoms with van der Waals surface area (Å²) in [5.41, 5.74) is 1.47. The molecular weight excluding hydrogens is 458 g/mol. The minimum Gasteiger partial charge on any atom is -0.260 e. The maximum atomic E-state index is 13.5. The molecule has 0 unspecified atom stereocenters. The van der Waals surface area contributed by atoms with Crippen LogP contribution in [0.15, 0.2) is 88.8 Å². The minimum atomic E-state index is -3.90. The average Bonchev–Trinajstić information content (AvgIpc) is 3.32. The molecule has 4 rings (SSSR count). The number of nitrogens with one attached hydrogen (secondary N) is 1. The lowest BCUT2D eigenvalue weighted by atomic mass is 10.2. The fourth-order valence-corrected chi connectivity index (χ4v) is 6.66. The Labute approximate surface area is 195 Å². The smallest absolute Gasteiger partial charge is 0.243 e. The summed E-state index contributed by atoms with van der Waals surface area (Å²) in [5, 5.41) is 0. The van der Waals surface area contributed by atoms with Gasteiger partial charge in [0.15, 0.2) is 0 Å². The first-order valence-electron chi connectivity index (χ1n) is 10.9. The molecule has 174 valence electrons. The quantitative estimate of drug-likeness (QED) is 0.499. The van der Waals surface area contributed by atoms with Crippen LogP contribution in [0.5, 0.6) is 0 Å². The van der Waals surface area contributed by atoms with Gasteiger partial charge in [0.2, 0.25) is 20.0 Å². The van der Waals surface area contributed by atoms with E-state index in [0.717, 1.165) is 31.2 Å². The van der Waals surface area contributed by atoms with Gasteiger partial charge >= 0.3 is 0 Å². The molecule has 2 aromatic carbocycles. The Bertz CT molecular complexity index is 1220. The van der Waals surface area contributed by atoms with Gasteiger partial charge in [0, 0.05) is 18.8 Å². The first-order valence-corrected chi connectivity index (χ1v) is 13.8. The molecule has 0 amide bonds. The fraction of sp³-hybridized carbons (Fsp3) is 0.292. The van der Waals surface area contributed by atoms with E-state index in [4.69, 9.17) is 0 Å². The summed E-state index contributed by atoms with van der Waals surface area (Å²) in [5.74, 6) is 0. The third-order valence-electron chi connectivity index (χ3n) is 5.72. The number of aromatic nitrogens is 1. The zero-order chi connectivity index (χ0) is 23.3. The van der Waals surface area contributed by atoms with E-state index in [1.165, 1.54) is 28.6 Å². The van der Waals surface area contributed by atoms with Gasteiger partial charge in [0.25, 0.3) is 0 Å². The molecule has 0 radical (unpaired) electrons. The van der Waals surface area contributed by atoms with E-state index in [1.54, 1.807) is 18.3 Å². The second kappa shape index (κ2) is 10.1. The average molecular weight is 486 g/mol. The van der Waals surface area contributed by atoms with E-state index in [0.29, 0.717) is 5.69 Å². The van der Waals surface area contributed by atoms with E-state index >= 15 is 0 Å². The van der Waals surface area contributed by atoms with Gasteiger partial charge in [-0.15, -0.1) is 0 Å². The lowest BCUT2D eigenvalue weighted by Gasteiger charge is -2.22. The number of hydrogen-bond donors (Lipinski definition) is 1. The van der Waals surface area contributed by atoms with Crippen molar-refractivity contribution in [3.8, 4) is 0 Å². The molecule has 1 aliphatic rings. The summed E-state index contributed by atoms with van der Waals surface area (Å²) < 4.78 is 56.5. The third-order valence-corrected chi connectivity index (χ3v) is 9.06. The Kier molecular flexibility index (Phi) is 7.23. The molecule has 1 fully saturated rings. The number of pyridine rings is 1. The Balaban J connectivity index is 1.59. The molecule has 0 saturated heterocycles. The Morgan fingerprint density at radius 1 is 0.788 bits per heavy atom. The van der Waals surface area contributed by atoms with Crippen molar-refractivity contribution in [3.63, 3.8) is 0 Å². The zero-order valence-electron chi connectivity index (χ0n) is 18.2. The number of rotatable bonds is 9. The Morgan fingerprint density at radius 2 is 1.42 bits per heavy atom. The van der Waals surface area contributed by atoms with Crippen LogP contribution in [0.2, 0.25) is 0 Å². The largest absolute Gasteiger partial charge is 0.260 e. The molecule has 7 nitrogen and oxygen atoms in total. The van der Waals surface area contributed by atoms with Crippen LogP contribution in [-0.2, 0) is 33.1 Å². The molecular formula is C24H27N3O4S2. The highest BCUT2D eigenvalue weighted by molar-refractivity contribution is 7.89. The van der Waals surface area contributed by atoms with Gasteiger partial charge in [-0.25, -0.2) is 21.6 Å². The van der Waals surface area contributed by atoms with Gasteiger partial charge in [-0.2, -0.15) is 4.31 Å². The fourth-order valence-electron chi connectivity index (χ4n) is 3.96. The molecule has 9 heteroatoms. The van der Waals surface area contributed by atoms with Crippen molar-refractivity contribution < 1.29 is 16.8 Å². The second-order valence-corrected chi connectivity index (χ2v) is 11.8. The van der Waals surface area contributed by atoms with Crippen molar-refractivity contribution in [2.45, 2.75) is 54.6 Å². The minimum absolute atomic E-state index is 0.0363. The molecule has 1 saturated carbocycles. The summed E-state index contributed by atoms with van der Waals surface area (Å²) in [6, 6.07) is 20.1. The van der Waals surface area contributed by atoms with Gasteiger partial charge < -0.3 is 0 Å². The first-order chi connectivity index (χ1) is 15.8. The molecule has 33 heavy (non-hydrogen) atoms. The second-order valence-electron chi connectivity index (χ2n) is 8.15. The number of benzene rings is 2. The van der Waals surface area contributed by atoms with Crippen LogP contribution in [0.25, 0.3) is 0 Å². The van der Waals surface area contributed by atoms with Crippen LogP contribution in [0.1, 0.15) is 36.9 Å². The van der Waals surface area contributed by atoms with Crippen LogP contribution < -0.4 is 4.72 Å². The van der Waals surface area contributed by atoms with E-state index in [2.05, 4.69) is 9.71 Å². The molecule has 0 aliphatic heterocycles.